The summed E-state index contributed by atoms with van der Waals surface area (Å²) in [5, 5.41) is 0. The Morgan fingerprint density at radius 2 is 2.44 bits per heavy atom. The number of hydroxylamine groups is 1. The summed E-state index contributed by atoms with van der Waals surface area (Å²) in [5.41, 5.74) is 3.69. The highest BCUT2D eigenvalue weighted by Gasteiger charge is 1.82. The van der Waals surface area contributed by atoms with E-state index in [9.17, 15) is 0 Å². The minimum atomic E-state index is 0.563. The van der Waals surface area contributed by atoms with Gasteiger partial charge in [-0.05, 0) is 6.92 Å². The molecule has 2 heteroatoms. The molecule has 0 aliphatic carbocycles. The van der Waals surface area contributed by atoms with Crippen LogP contribution in [0.4, 0.5) is 0 Å². The molecule has 0 rings (SSSR count). The summed E-state index contributed by atoms with van der Waals surface area (Å²) in [4.78, 5) is 4.91. The third-order valence-electron chi connectivity index (χ3n) is 0.648. The molecule has 0 aliphatic rings. The summed E-state index contributed by atoms with van der Waals surface area (Å²) in [7, 11) is 0. The average Bonchev–Trinajstić information content (AvgIpc) is 1.80. The zero-order valence-corrected chi connectivity index (χ0v) is 5.81. The molecule has 0 amide bonds. The molecule has 0 fully saturated rings. The number of nitrogens with one attached hydrogen (secondary N) is 1. The molecule has 0 heterocycles. The Balaban J connectivity index is 2.91. The van der Waals surface area contributed by atoms with Gasteiger partial charge < -0.3 is 0 Å². The normalized spacial score (nSPS) is 9.00. The van der Waals surface area contributed by atoms with Crippen LogP contribution in [0.25, 0.3) is 0 Å². The Hall–Kier alpha value is -0.600. The fourth-order valence-electron chi connectivity index (χ4n) is 0.292. The Labute approximate surface area is 56.2 Å². The number of rotatable bonds is 5. The molecule has 0 radical (unpaired) electrons. The quantitative estimate of drug-likeness (QED) is 0.341. The van der Waals surface area contributed by atoms with Crippen molar-refractivity contribution in [3.8, 4) is 0 Å². The molecule has 0 aromatic heterocycles. The van der Waals surface area contributed by atoms with E-state index >= 15 is 0 Å². The molecule has 52 valence electrons. The predicted octanol–water partition coefficient (Wildman–Crippen LogP) is 1.27. The lowest BCUT2D eigenvalue weighted by molar-refractivity contribution is 0.0661. The van der Waals surface area contributed by atoms with Crippen LogP contribution in [0.1, 0.15) is 6.92 Å². The van der Waals surface area contributed by atoms with Crippen LogP contribution in [0.2, 0.25) is 0 Å². The smallest absolute Gasteiger partial charge is 0.0887 e. The molecule has 1 N–H and O–H groups in total. The lowest BCUT2D eigenvalue weighted by atomic mass is 10.4. The summed E-state index contributed by atoms with van der Waals surface area (Å²) < 4.78 is 0. The molecule has 9 heavy (non-hydrogen) atoms. The molecule has 0 aromatic rings. The van der Waals surface area contributed by atoms with Gasteiger partial charge in [-0.25, -0.2) is 0 Å². The second kappa shape index (κ2) is 5.54. The Morgan fingerprint density at radius 3 is 2.89 bits per heavy atom. The largest absolute Gasteiger partial charge is 0.297 e. The van der Waals surface area contributed by atoms with Crippen molar-refractivity contribution in [3.05, 3.63) is 24.8 Å². The average molecular weight is 127 g/mol. The Kier molecular flexibility index (Phi) is 5.17. The summed E-state index contributed by atoms with van der Waals surface area (Å²) in [6.07, 6.45) is 1.73. The zero-order chi connectivity index (χ0) is 7.11. The number of hydrogen-bond donors (Lipinski definition) is 1. The molecular weight excluding hydrogens is 114 g/mol. The highest BCUT2D eigenvalue weighted by molar-refractivity contribution is 4.87. The van der Waals surface area contributed by atoms with Gasteiger partial charge >= 0.3 is 0 Å². The second-order valence-electron chi connectivity index (χ2n) is 1.88. The van der Waals surface area contributed by atoms with E-state index in [0.717, 1.165) is 5.57 Å². The lowest BCUT2D eigenvalue weighted by Gasteiger charge is -2.00. The van der Waals surface area contributed by atoms with Gasteiger partial charge in [0.1, 0.15) is 0 Å². The predicted molar refractivity (Wildman–Crippen MR) is 39.0 cm³/mol. The van der Waals surface area contributed by atoms with Crippen molar-refractivity contribution in [3.63, 3.8) is 0 Å². The summed E-state index contributed by atoms with van der Waals surface area (Å²) in [6.45, 7) is 10.3. The van der Waals surface area contributed by atoms with E-state index in [1.54, 1.807) is 6.08 Å². The standard InChI is InChI=1S/C7H13NO/c1-4-5-8-9-6-7(2)3/h4,8H,1-2,5-6H2,3H3. The van der Waals surface area contributed by atoms with Crippen molar-refractivity contribution in [2.45, 2.75) is 6.92 Å². The third kappa shape index (κ3) is 7.40. The first-order valence-corrected chi connectivity index (χ1v) is 2.87. The molecule has 0 saturated heterocycles. The van der Waals surface area contributed by atoms with Gasteiger partial charge in [-0.15, -0.1) is 6.58 Å². The van der Waals surface area contributed by atoms with Gasteiger partial charge in [0.2, 0.25) is 0 Å². The topological polar surface area (TPSA) is 21.3 Å². The van der Waals surface area contributed by atoms with Crippen LogP contribution >= 0.6 is 0 Å². The first-order valence-electron chi connectivity index (χ1n) is 2.87. The van der Waals surface area contributed by atoms with E-state index in [-0.39, 0.29) is 0 Å². The second-order valence-corrected chi connectivity index (χ2v) is 1.88. The molecule has 0 spiro atoms. The first-order chi connectivity index (χ1) is 4.27. The molecule has 0 aromatic carbocycles. The van der Waals surface area contributed by atoms with Crippen molar-refractivity contribution in [2.75, 3.05) is 13.2 Å². The van der Waals surface area contributed by atoms with Crippen molar-refractivity contribution < 1.29 is 4.84 Å². The minimum Gasteiger partial charge on any atom is -0.297 e. The minimum absolute atomic E-state index is 0.563. The van der Waals surface area contributed by atoms with Crippen molar-refractivity contribution in [2.24, 2.45) is 0 Å². The fourth-order valence-corrected chi connectivity index (χ4v) is 0.292. The fraction of sp³-hybridized carbons (Fsp3) is 0.429. The van der Waals surface area contributed by atoms with Crippen LogP contribution in [0.3, 0.4) is 0 Å². The maximum absolute atomic E-state index is 4.91. The maximum atomic E-state index is 4.91. The van der Waals surface area contributed by atoms with Crippen molar-refractivity contribution in [1.82, 2.24) is 5.48 Å². The van der Waals surface area contributed by atoms with Crippen LogP contribution in [-0.2, 0) is 4.84 Å². The molecule has 0 bridgehead atoms. The van der Waals surface area contributed by atoms with Crippen molar-refractivity contribution >= 4 is 0 Å². The van der Waals surface area contributed by atoms with E-state index in [1.807, 2.05) is 6.92 Å². The molecule has 0 saturated carbocycles. The van der Waals surface area contributed by atoms with Crippen LogP contribution in [0.5, 0.6) is 0 Å². The van der Waals surface area contributed by atoms with Gasteiger partial charge in [-0.3, -0.25) is 4.84 Å². The van der Waals surface area contributed by atoms with Gasteiger partial charge in [0, 0.05) is 6.54 Å². The molecule has 0 aliphatic heterocycles. The zero-order valence-electron chi connectivity index (χ0n) is 5.81. The summed E-state index contributed by atoms with van der Waals surface area (Å²) in [5.74, 6) is 0. The van der Waals surface area contributed by atoms with E-state index in [4.69, 9.17) is 4.84 Å². The van der Waals surface area contributed by atoms with Gasteiger partial charge in [0.05, 0.1) is 6.61 Å². The maximum Gasteiger partial charge on any atom is 0.0887 e. The monoisotopic (exact) mass is 127 g/mol. The molecule has 2 nitrogen and oxygen atoms in total. The van der Waals surface area contributed by atoms with Crippen molar-refractivity contribution in [1.29, 1.82) is 0 Å². The van der Waals surface area contributed by atoms with E-state index < -0.39 is 0 Å². The van der Waals surface area contributed by atoms with Crippen LogP contribution in [-0.4, -0.2) is 13.2 Å². The number of hydrogen-bond acceptors (Lipinski definition) is 2. The highest BCUT2D eigenvalue weighted by Crippen LogP contribution is 1.83. The lowest BCUT2D eigenvalue weighted by Crippen LogP contribution is -2.15. The molecular formula is C7H13NO. The highest BCUT2D eigenvalue weighted by atomic mass is 16.6. The molecule has 0 atom stereocenters. The summed E-state index contributed by atoms with van der Waals surface area (Å²) in [6, 6.07) is 0. The van der Waals surface area contributed by atoms with E-state index in [0.29, 0.717) is 13.2 Å². The van der Waals surface area contributed by atoms with E-state index in [2.05, 4.69) is 18.6 Å². The van der Waals surface area contributed by atoms with Gasteiger partial charge in [-0.2, -0.15) is 5.48 Å². The van der Waals surface area contributed by atoms with Crippen LogP contribution in [0.15, 0.2) is 24.8 Å². The van der Waals surface area contributed by atoms with Gasteiger partial charge in [0.25, 0.3) is 0 Å². The van der Waals surface area contributed by atoms with Gasteiger partial charge in [0.15, 0.2) is 0 Å². The SMILES string of the molecule is C=CCNOCC(=C)C. The summed E-state index contributed by atoms with van der Waals surface area (Å²) >= 11 is 0. The Morgan fingerprint density at radius 1 is 1.78 bits per heavy atom. The third-order valence-corrected chi connectivity index (χ3v) is 0.648. The van der Waals surface area contributed by atoms with Gasteiger partial charge in [-0.1, -0.05) is 18.2 Å². The van der Waals surface area contributed by atoms with Crippen LogP contribution < -0.4 is 5.48 Å². The van der Waals surface area contributed by atoms with Crippen LogP contribution in [0, 0.1) is 0 Å². The first kappa shape index (κ1) is 8.40. The molecule has 0 unspecified atom stereocenters. The Bertz CT molecular complexity index is 99.1. The van der Waals surface area contributed by atoms with E-state index in [1.165, 1.54) is 0 Å².